The number of carbonyl (C=O) groups excluding carboxylic acids is 1. The highest BCUT2D eigenvalue weighted by atomic mass is 16.5. The van der Waals surface area contributed by atoms with Crippen LogP contribution in [0.3, 0.4) is 0 Å². The van der Waals surface area contributed by atoms with Crippen LogP contribution in [-0.2, 0) is 9.53 Å². The van der Waals surface area contributed by atoms with E-state index in [0.717, 1.165) is 25.3 Å². The van der Waals surface area contributed by atoms with Gasteiger partial charge in [-0.1, -0.05) is 0 Å². The zero-order chi connectivity index (χ0) is 15.5. The minimum Gasteiger partial charge on any atom is -0.372 e. The molecule has 1 amide bonds. The second-order valence-electron chi connectivity index (χ2n) is 6.33. The van der Waals surface area contributed by atoms with Crippen molar-refractivity contribution in [2.24, 2.45) is 5.92 Å². The van der Waals surface area contributed by atoms with Crippen LogP contribution in [0.25, 0.3) is 0 Å². The van der Waals surface area contributed by atoms with Crippen molar-refractivity contribution in [1.82, 2.24) is 14.9 Å². The molecule has 1 aromatic heterocycles. The molecular weight excluding hydrogens is 280 g/mol. The number of amides is 1. The monoisotopic (exact) mass is 304 g/mol. The van der Waals surface area contributed by atoms with Gasteiger partial charge in [-0.05, 0) is 32.8 Å². The molecule has 22 heavy (non-hydrogen) atoms. The minimum absolute atomic E-state index is 0.0371. The van der Waals surface area contributed by atoms with E-state index in [1.165, 1.54) is 0 Å². The van der Waals surface area contributed by atoms with Crippen molar-refractivity contribution in [3.05, 3.63) is 18.5 Å². The van der Waals surface area contributed by atoms with Gasteiger partial charge in [-0.25, -0.2) is 9.97 Å². The molecule has 0 spiro atoms. The van der Waals surface area contributed by atoms with Crippen LogP contribution in [0, 0.1) is 5.92 Å². The summed E-state index contributed by atoms with van der Waals surface area (Å²) in [7, 11) is 0. The molecule has 6 heteroatoms. The fraction of sp³-hybridized carbons (Fsp3) is 0.688. The third-order valence-corrected chi connectivity index (χ3v) is 4.34. The molecule has 2 fully saturated rings. The number of carbonyl (C=O) groups is 1. The van der Waals surface area contributed by atoms with E-state index < -0.39 is 0 Å². The first-order valence-corrected chi connectivity index (χ1v) is 8.09. The quantitative estimate of drug-likeness (QED) is 0.825. The maximum Gasteiger partial charge on any atom is 0.227 e. The van der Waals surface area contributed by atoms with E-state index in [4.69, 9.17) is 4.74 Å². The van der Waals surface area contributed by atoms with Crippen molar-refractivity contribution in [2.45, 2.75) is 38.9 Å². The molecule has 0 N–H and O–H groups in total. The zero-order valence-electron chi connectivity index (χ0n) is 13.3. The Labute approximate surface area is 131 Å². The standard InChI is InChI=1S/C16H24N4O2/c1-12-9-20(10-13(2)22-12)15(21)14-5-3-8-19(11-14)16-17-6-4-7-18-16/h4,6-7,12-14H,3,5,8-11H2,1-2H3. The second-order valence-corrected chi connectivity index (χ2v) is 6.33. The molecular formula is C16H24N4O2. The van der Waals surface area contributed by atoms with Crippen LogP contribution in [0.4, 0.5) is 5.95 Å². The van der Waals surface area contributed by atoms with Gasteiger partial charge in [0.25, 0.3) is 0 Å². The second kappa shape index (κ2) is 6.60. The summed E-state index contributed by atoms with van der Waals surface area (Å²) in [6.07, 6.45) is 5.68. The van der Waals surface area contributed by atoms with Crippen LogP contribution in [0.5, 0.6) is 0 Å². The summed E-state index contributed by atoms with van der Waals surface area (Å²) in [5.41, 5.74) is 0. The first kappa shape index (κ1) is 15.2. The van der Waals surface area contributed by atoms with Gasteiger partial charge in [0, 0.05) is 38.6 Å². The number of hydrogen-bond donors (Lipinski definition) is 0. The molecule has 0 radical (unpaired) electrons. The summed E-state index contributed by atoms with van der Waals surface area (Å²) >= 11 is 0. The van der Waals surface area contributed by atoms with Gasteiger partial charge in [-0.3, -0.25) is 4.79 Å². The number of rotatable bonds is 2. The van der Waals surface area contributed by atoms with Crippen molar-refractivity contribution < 1.29 is 9.53 Å². The summed E-state index contributed by atoms with van der Waals surface area (Å²) < 4.78 is 5.72. The van der Waals surface area contributed by atoms with E-state index in [1.54, 1.807) is 12.4 Å². The average Bonchev–Trinajstić information content (AvgIpc) is 2.54. The maximum absolute atomic E-state index is 12.8. The van der Waals surface area contributed by atoms with Gasteiger partial charge < -0.3 is 14.5 Å². The number of piperidine rings is 1. The lowest BCUT2D eigenvalue weighted by Gasteiger charge is -2.39. The molecule has 120 valence electrons. The number of anilines is 1. The van der Waals surface area contributed by atoms with Crippen LogP contribution < -0.4 is 4.90 Å². The Morgan fingerprint density at radius 2 is 1.86 bits per heavy atom. The zero-order valence-corrected chi connectivity index (χ0v) is 13.3. The van der Waals surface area contributed by atoms with E-state index in [0.29, 0.717) is 19.6 Å². The van der Waals surface area contributed by atoms with Crippen molar-refractivity contribution in [3.63, 3.8) is 0 Å². The lowest BCUT2D eigenvalue weighted by atomic mass is 9.96. The van der Waals surface area contributed by atoms with Gasteiger partial charge in [-0.15, -0.1) is 0 Å². The Morgan fingerprint density at radius 1 is 1.18 bits per heavy atom. The van der Waals surface area contributed by atoms with Gasteiger partial charge in [0.15, 0.2) is 0 Å². The first-order valence-electron chi connectivity index (χ1n) is 8.09. The number of hydrogen-bond acceptors (Lipinski definition) is 5. The predicted octanol–water partition coefficient (Wildman–Crippen LogP) is 1.33. The van der Waals surface area contributed by atoms with Crippen molar-refractivity contribution in [1.29, 1.82) is 0 Å². The van der Waals surface area contributed by atoms with E-state index >= 15 is 0 Å². The van der Waals surface area contributed by atoms with E-state index in [2.05, 4.69) is 14.9 Å². The minimum atomic E-state index is 0.0371. The third-order valence-electron chi connectivity index (χ3n) is 4.34. The Kier molecular flexibility index (Phi) is 4.57. The first-order chi connectivity index (χ1) is 10.6. The molecule has 3 atom stereocenters. The Bertz CT molecular complexity index is 500. The average molecular weight is 304 g/mol. The van der Waals surface area contributed by atoms with E-state index in [9.17, 15) is 4.79 Å². The number of ether oxygens (including phenoxy) is 1. The highest BCUT2D eigenvalue weighted by Gasteiger charge is 2.33. The number of aromatic nitrogens is 2. The van der Waals surface area contributed by atoms with Crippen LogP contribution >= 0.6 is 0 Å². The largest absolute Gasteiger partial charge is 0.372 e. The molecule has 0 aliphatic carbocycles. The molecule has 6 nitrogen and oxygen atoms in total. The third kappa shape index (κ3) is 3.38. The van der Waals surface area contributed by atoms with Crippen molar-refractivity contribution in [3.8, 4) is 0 Å². The molecule has 3 heterocycles. The lowest BCUT2D eigenvalue weighted by molar-refractivity contribution is -0.147. The summed E-state index contributed by atoms with van der Waals surface area (Å²) in [6, 6.07) is 1.81. The van der Waals surface area contributed by atoms with Gasteiger partial charge in [0.1, 0.15) is 0 Å². The van der Waals surface area contributed by atoms with Gasteiger partial charge in [0.2, 0.25) is 11.9 Å². The summed E-state index contributed by atoms with van der Waals surface area (Å²) in [6.45, 7) is 7.08. The van der Waals surface area contributed by atoms with Crippen LogP contribution in [0.15, 0.2) is 18.5 Å². The molecule has 0 aromatic carbocycles. The molecule has 3 rings (SSSR count). The fourth-order valence-electron chi connectivity index (χ4n) is 3.43. The summed E-state index contributed by atoms with van der Waals surface area (Å²) in [5, 5.41) is 0. The maximum atomic E-state index is 12.8. The molecule has 2 aliphatic heterocycles. The molecule has 2 aliphatic rings. The van der Waals surface area contributed by atoms with Crippen molar-refractivity contribution in [2.75, 3.05) is 31.1 Å². The van der Waals surface area contributed by atoms with Crippen LogP contribution in [0.1, 0.15) is 26.7 Å². The summed E-state index contributed by atoms with van der Waals surface area (Å²) in [4.78, 5) is 25.5. The smallest absolute Gasteiger partial charge is 0.227 e. The molecule has 2 saturated heterocycles. The van der Waals surface area contributed by atoms with Crippen LogP contribution in [-0.4, -0.2) is 59.2 Å². The fourth-order valence-corrected chi connectivity index (χ4v) is 3.43. The number of nitrogens with zero attached hydrogens (tertiary/aromatic N) is 4. The molecule has 1 aromatic rings. The lowest BCUT2D eigenvalue weighted by Crippen LogP contribution is -2.52. The predicted molar refractivity (Wildman–Crippen MR) is 83.6 cm³/mol. The van der Waals surface area contributed by atoms with E-state index in [1.807, 2.05) is 24.8 Å². The Balaban J connectivity index is 1.65. The van der Waals surface area contributed by atoms with Crippen molar-refractivity contribution >= 4 is 11.9 Å². The molecule has 0 saturated carbocycles. The van der Waals surface area contributed by atoms with Gasteiger partial charge in [-0.2, -0.15) is 0 Å². The molecule has 3 unspecified atom stereocenters. The van der Waals surface area contributed by atoms with Gasteiger partial charge >= 0.3 is 0 Å². The van der Waals surface area contributed by atoms with E-state index in [-0.39, 0.29) is 24.0 Å². The SMILES string of the molecule is CC1CN(C(=O)C2CCCN(c3ncccn3)C2)CC(C)O1. The number of morpholine rings is 1. The summed E-state index contributed by atoms with van der Waals surface area (Å²) in [5.74, 6) is 1.02. The van der Waals surface area contributed by atoms with Gasteiger partial charge in [0.05, 0.1) is 18.1 Å². The van der Waals surface area contributed by atoms with Crippen LogP contribution in [0.2, 0.25) is 0 Å². The topological polar surface area (TPSA) is 58.6 Å². The molecule has 0 bridgehead atoms. The highest BCUT2D eigenvalue weighted by Crippen LogP contribution is 2.23. The highest BCUT2D eigenvalue weighted by molar-refractivity contribution is 5.80. The normalized spacial score (nSPS) is 29.5. The Hall–Kier alpha value is -1.69. The Morgan fingerprint density at radius 3 is 2.55 bits per heavy atom.